The van der Waals surface area contributed by atoms with Crippen molar-refractivity contribution in [2.75, 3.05) is 6.61 Å². The van der Waals surface area contributed by atoms with Crippen LogP contribution in [0.1, 0.15) is 32.8 Å². The van der Waals surface area contributed by atoms with Gasteiger partial charge in [-0.2, -0.15) is 13.2 Å². The molecule has 0 bridgehead atoms. The molecule has 1 atom stereocenters. The van der Waals surface area contributed by atoms with Gasteiger partial charge in [-0.3, -0.25) is 9.97 Å². The fraction of sp³-hybridized carbons (Fsp3) is 0.364. The van der Waals surface area contributed by atoms with Crippen molar-refractivity contribution < 1.29 is 17.9 Å². The number of alkyl halides is 3. The monoisotopic (exact) mass is 403 g/mol. The zero-order chi connectivity index (χ0) is 21.2. The first-order chi connectivity index (χ1) is 13.6. The Balaban J connectivity index is 1.99. The van der Waals surface area contributed by atoms with Crippen LogP contribution in [0.2, 0.25) is 0 Å². The van der Waals surface area contributed by atoms with E-state index < -0.39 is 17.3 Å². The van der Waals surface area contributed by atoms with Crippen molar-refractivity contribution in [3.8, 4) is 17.0 Å². The van der Waals surface area contributed by atoms with Crippen LogP contribution < -0.4 is 10.5 Å². The maximum atomic E-state index is 13.7. The van der Waals surface area contributed by atoms with Gasteiger partial charge in [0.15, 0.2) is 0 Å². The summed E-state index contributed by atoms with van der Waals surface area (Å²) in [7, 11) is 0. The summed E-state index contributed by atoms with van der Waals surface area (Å²) in [5, 5.41) is 0.732. The molecule has 7 heteroatoms. The van der Waals surface area contributed by atoms with E-state index in [0.29, 0.717) is 23.4 Å². The van der Waals surface area contributed by atoms with Gasteiger partial charge in [0.2, 0.25) is 0 Å². The number of benzene rings is 1. The van der Waals surface area contributed by atoms with Gasteiger partial charge < -0.3 is 10.5 Å². The minimum atomic E-state index is -4.58. The first-order valence-corrected chi connectivity index (χ1v) is 9.40. The lowest BCUT2D eigenvalue weighted by Crippen LogP contribution is -2.43. The Kier molecular flexibility index (Phi) is 5.80. The van der Waals surface area contributed by atoms with E-state index in [4.69, 9.17) is 10.5 Å². The Labute approximate surface area is 167 Å². The van der Waals surface area contributed by atoms with E-state index in [2.05, 4.69) is 9.97 Å². The molecule has 0 unspecified atom stereocenters. The molecule has 3 aromatic rings. The second-order valence-electron chi connectivity index (χ2n) is 7.98. The molecule has 2 aromatic heterocycles. The van der Waals surface area contributed by atoms with Gasteiger partial charge in [-0.05, 0) is 37.5 Å². The minimum Gasteiger partial charge on any atom is -0.489 e. The number of aromatic nitrogens is 2. The van der Waals surface area contributed by atoms with E-state index in [0.717, 1.165) is 17.6 Å². The molecule has 3 rings (SSSR count). The highest BCUT2D eigenvalue weighted by atomic mass is 19.4. The number of rotatable bonds is 6. The minimum absolute atomic E-state index is 0.0343. The summed E-state index contributed by atoms with van der Waals surface area (Å²) >= 11 is 0. The van der Waals surface area contributed by atoms with E-state index >= 15 is 0 Å². The normalized spacial score (nSPS) is 14.2. The highest BCUT2D eigenvalue weighted by Gasteiger charge is 2.36. The van der Waals surface area contributed by atoms with Gasteiger partial charge in [-0.25, -0.2) is 0 Å². The Hall–Kier alpha value is -2.67. The largest absolute Gasteiger partial charge is 0.489 e. The lowest BCUT2D eigenvalue weighted by Gasteiger charge is -2.27. The molecule has 0 radical (unpaired) electrons. The highest BCUT2D eigenvalue weighted by Crippen LogP contribution is 2.39. The van der Waals surface area contributed by atoms with Crippen molar-refractivity contribution in [2.24, 2.45) is 11.7 Å². The molecule has 1 aromatic carbocycles. The molecule has 2 heterocycles. The fourth-order valence-corrected chi connectivity index (χ4v) is 3.48. The number of nitrogens with zero attached hydrogens (tertiary/aromatic N) is 2. The first-order valence-electron chi connectivity index (χ1n) is 9.40. The predicted molar refractivity (Wildman–Crippen MR) is 108 cm³/mol. The number of hydrogen-bond acceptors (Lipinski definition) is 4. The zero-order valence-electron chi connectivity index (χ0n) is 16.6. The second kappa shape index (κ2) is 7.99. The molecular formula is C22H24F3N3O. The quantitative estimate of drug-likeness (QED) is 0.594. The Morgan fingerprint density at radius 3 is 2.52 bits per heavy atom. The topological polar surface area (TPSA) is 61.0 Å². The van der Waals surface area contributed by atoms with E-state index in [1.165, 1.54) is 0 Å². The van der Waals surface area contributed by atoms with E-state index in [1.807, 2.05) is 32.0 Å². The molecule has 0 aliphatic carbocycles. The van der Waals surface area contributed by atoms with Crippen molar-refractivity contribution in [3.63, 3.8) is 0 Å². The predicted octanol–water partition coefficient (Wildman–Crippen LogP) is 5.46. The van der Waals surface area contributed by atoms with Gasteiger partial charge in [0.25, 0.3) is 0 Å². The number of halogens is 3. The number of nitrogens with two attached hydrogens (primary N) is 1. The summed E-state index contributed by atoms with van der Waals surface area (Å²) in [6.07, 6.45) is -1.27. The third kappa shape index (κ3) is 5.03. The number of ether oxygens (including phenoxy) is 1. The number of para-hydroxylation sites is 1. The third-order valence-corrected chi connectivity index (χ3v) is 4.53. The van der Waals surface area contributed by atoms with Gasteiger partial charge in [-0.15, -0.1) is 0 Å². The van der Waals surface area contributed by atoms with Crippen LogP contribution in [-0.2, 0) is 6.18 Å². The zero-order valence-corrected chi connectivity index (χ0v) is 16.6. The van der Waals surface area contributed by atoms with Crippen LogP contribution in [0, 0.1) is 5.92 Å². The van der Waals surface area contributed by atoms with Crippen LogP contribution in [0.5, 0.6) is 5.75 Å². The summed E-state index contributed by atoms with van der Waals surface area (Å²) in [5.41, 5.74) is 6.04. The van der Waals surface area contributed by atoms with E-state index in [1.54, 1.807) is 25.3 Å². The molecule has 154 valence electrons. The summed E-state index contributed by atoms with van der Waals surface area (Å²) in [4.78, 5) is 8.49. The molecule has 0 spiro atoms. The highest BCUT2D eigenvalue weighted by molar-refractivity contribution is 5.93. The number of fused-ring (bicyclic) bond motifs is 1. The van der Waals surface area contributed by atoms with Crippen molar-refractivity contribution in [2.45, 2.75) is 38.9 Å². The second-order valence-corrected chi connectivity index (χ2v) is 7.98. The van der Waals surface area contributed by atoms with Crippen LogP contribution in [-0.4, -0.2) is 22.1 Å². The SMILES string of the molecule is CC(C)C[C@@](C)(N)COc1cnc(-c2ccnc3ccccc23)cc1C(F)(F)F. The van der Waals surface area contributed by atoms with Gasteiger partial charge in [0.1, 0.15) is 17.9 Å². The summed E-state index contributed by atoms with van der Waals surface area (Å²) in [6.45, 7) is 5.74. The van der Waals surface area contributed by atoms with Crippen LogP contribution in [0.4, 0.5) is 13.2 Å². The fourth-order valence-electron chi connectivity index (χ4n) is 3.48. The molecule has 4 nitrogen and oxygen atoms in total. The Morgan fingerprint density at radius 1 is 1.10 bits per heavy atom. The lowest BCUT2D eigenvalue weighted by atomic mass is 9.93. The average molecular weight is 403 g/mol. The molecule has 0 fully saturated rings. The molecule has 0 aliphatic rings. The molecular weight excluding hydrogens is 379 g/mol. The first kappa shape index (κ1) is 21.0. The van der Waals surface area contributed by atoms with Crippen molar-refractivity contribution in [3.05, 3.63) is 54.4 Å². The van der Waals surface area contributed by atoms with Gasteiger partial charge >= 0.3 is 6.18 Å². The van der Waals surface area contributed by atoms with Gasteiger partial charge in [0, 0.05) is 22.7 Å². The van der Waals surface area contributed by atoms with Crippen molar-refractivity contribution in [1.82, 2.24) is 9.97 Å². The number of pyridine rings is 2. The van der Waals surface area contributed by atoms with E-state index in [9.17, 15) is 13.2 Å². The average Bonchev–Trinajstić information content (AvgIpc) is 2.64. The van der Waals surface area contributed by atoms with Crippen LogP contribution in [0.25, 0.3) is 22.2 Å². The molecule has 2 N–H and O–H groups in total. The lowest BCUT2D eigenvalue weighted by molar-refractivity contribution is -0.139. The number of hydrogen-bond donors (Lipinski definition) is 1. The van der Waals surface area contributed by atoms with Crippen molar-refractivity contribution >= 4 is 10.9 Å². The summed E-state index contributed by atoms with van der Waals surface area (Å²) < 4.78 is 46.7. The van der Waals surface area contributed by atoms with Gasteiger partial charge in [0.05, 0.1) is 17.4 Å². The van der Waals surface area contributed by atoms with Crippen LogP contribution in [0.15, 0.2) is 48.8 Å². The standard InChI is InChI=1S/C22H24F3N3O/c1-14(2)11-21(3,26)13-29-20-12-28-19(10-17(20)22(23,24)25)16-8-9-27-18-7-5-4-6-15(16)18/h4-10,12,14H,11,13,26H2,1-3H3/t21-/m1/s1. The molecule has 29 heavy (non-hydrogen) atoms. The molecule has 0 amide bonds. The summed E-state index contributed by atoms with van der Waals surface area (Å²) in [5.74, 6) is -0.0174. The van der Waals surface area contributed by atoms with Crippen LogP contribution in [0.3, 0.4) is 0 Å². The smallest absolute Gasteiger partial charge is 0.420 e. The third-order valence-electron chi connectivity index (χ3n) is 4.53. The Bertz CT molecular complexity index is 995. The molecule has 0 saturated heterocycles. The summed E-state index contributed by atoms with van der Waals surface area (Å²) in [6, 6.07) is 9.93. The van der Waals surface area contributed by atoms with Crippen LogP contribution >= 0.6 is 0 Å². The maximum absolute atomic E-state index is 13.7. The van der Waals surface area contributed by atoms with Gasteiger partial charge in [-0.1, -0.05) is 32.0 Å². The maximum Gasteiger partial charge on any atom is 0.420 e. The molecule has 0 aliphatic heterocycles. The van der Waals surface area contributed by atoms with Crippen molar-refractivity contribution in [1.29, 1.82) is 0 Å². The Morgan fingerprint density at radius 2 is 1.83 bits per heavy atom. The molecule has 0 saturated carbocycles. The van der Waals surface area contributed by atoms with E-state index in [-0.39, 0.29) is 18.1 Å².